The lowest BCUT2D eigenvalue weighted by Crippen LogP contribution is -2.35. The third-order valence-electron chi connectivity index (χ3n) is 8.59. The number of azide groups is 1. The molecule has 0 aliphatic carbocycles. The fourth-order valence-electron chi connectivity index (χ4n) is 5.94. The van der Waals surface area contributed by atoms with Crippen molar-refractivity contribution in [3.8, 4) is 5.88 Å². The maximum absolute atomic E-state index is 13.3. The number of aromatic nitrogens is 4. The van der Waals surface area contributed by atoms with E-state index in [-0.39, 0.29) is 30.0 Å². The van der Waals surface area contributed by atoms with Crippen LogP contribution < -0.4 is 4.74 Å². The molecular formula is C31H38N8O4S. The largest absolute Gasteiger partial charge is 0.472 e. The minimum absolute atomic E-state index is 0.219. The van der Waals surface area contributed by atoms with Crippen molar-refractivity contribution in [2.45, 2.75) is 78.0 Å². The molecule has 0 bridgehead atoms. The first-order chi connectivity index (χ1) is 20.9. The molecule has 1 aliphatic heterocycles. The van der Waals surface area contributed by atoms with Crippen LogP contribution >= 0.6 is 10.8 Å². The summed E-state index contributed by atoms with van der Waals surface area (Å²) in [5.41, 5.74) is 14.0. The summed E-state index contributed by atoms with van der Waals surface area (Å²) in [5.74, 6) is -0.869. The molecule has 3 heterocycles. The van der Waals surface area contributed by atoms with Crippen molar-refractivity contribution in [3.05, 3.63) is 86.9 Å². The number of rotatable bonds is 8. The van der Waals surface area contributed by atoms with Crippen LogP contribution in [-0.4, -0.2) is 51.9 Å². The molecule has 2 aromatic heterocycles. The smallest absolute Gasteiger partial charge is 0.239 e. The average Bonchev–Trinajstić information content (AvgIpc) is 3.39. The summed E-state index contributed by atoms with van der Waals surface area (Å²) < 4.78 is 32.6. The number of nitrogens with zero attached hydrogens (tertiary/aromatic N) is 8. The molecule has 0 unspecified atom stereocenters. The van der Waals surface area contributed by atoms with Crippen LogP contribution in [0, 0.1) is 19.3 Å². The van der Waals surface area contributed by atoms with Crippen molar-refractivity contribution in [1.82, 2.24) is 24.3 Å². The molecule has 12 nitrogen and oxygen atoms in total. The highest BCUT2D eigenvalue weighted by atomic mass is 32.3. The van der Waals surface area contributed by atoms with Gasteiger partial charge in [0.1, 0.15) is 16.5 Å². The molecule has 2 atom stereocenters. The van der Waals surface area contributed by atoms with Crippen LogP contribution in [0.15, 0.2) is 58.7 Å². The second-order valence-electron chi connectivity index (χ2n) is 11.7. The van der Waals surface area contributed by atoms with Crippen molar-refractivity contribution < 1.29 is 18.6 Å². The van der Waals surface area contributed by atoms with Crippen LogP contribution in [0.5, 0.6) is 5.88 Å². The summed E-state index contributed by atoms with van der Waals surface area (Å²) in [6, 6.07) is 13.2. The minimum Gasteiger partial charge on any atom is -0.472 e. The lowest BCUT2D eigenvalue weighted by Gasteiger charge is -2.42. The number of ether oxygens (including phenoxy) is 1. The van der Waals surface area contributed by atoms with E-state index in [2.05, 4.69) is 25.3 Å². The summed E-state index contributed by atoms with van der Waals surface area (Å²) >= 11 is 0. The zero-order valence-electron chi connectivity index (χ0n) is 25.8. The Kier molecular flexibility index (Phi) is 8.70. The van der Waals surface area contributed by atoms with Gasteiger partial charge in [-0.2, -0.15) is 4.31 Å². The molecule has 232 valence electrons. The van der Waals surface area contributed by atoms with Crippen LogP contribution in [0.2, 0.25) is 0 Å². The van der Waals surface area contributed by atoms with E-state index in [9.17, 15) is 13.9 Å². The fourth-order valence-corrected chi connectivity index (χ4v) is 7.51. The second kappa shape index (κ2) is 12.2. The first-order valence-electron chi connectivity index (χ1n) is 14.6. The highest BCUT2D eigenvalue weighted by molar-refractivity contribution is 8.22. The molecule has 0 radical (unpaired) electrons. The van der Waals surface area contributed by atoms with Crippen LogP contribution in [0.3, 0.4) is 0 Å². The van der Waals surface area contributed by atoms with Crippen molar-refractivity contribution in [3.63, 3.8) is 0 Å². The second-order valence-corrected chi connectivity index (χ2v) is 13.7. The van der Waals surface area contributed by atoms with Gasteiger partial charge in [0.15, 0.2) is 0 Å². The van der Waals surface area contributed by atoms with Crippen molar-refractivity contribution in [1.29, 1.82) is 0 Å². The molecule has 5 rings (SSSR count). The van der Waals surface area contributed by atoms with Crippen molar-refractivity contribution in [2.24, 2.45) is 10.5 Å². The van der Waals surface area contributed by atoms with Gasteiger partial charge in [0, 0.05) is 35.5 Å². The predicted molar refractivity (Wildman–Crippen MR) is 169 cm³/mol. The van der Waals surface area contributed by atoms with Crippen LogP contribution in [0.1, 0.15) is 67.9 Å². The van der Waals surface area contributed by atoms with Crippen molar-refractivity contribution >= 4 is 27.7 Å². The lowest BCUT2D eigenvalue weighted by atomic mass is 9.69. The number of benzene rings is 2. The highest BCUT2D eigenvalue weighted by Crippen LogP contribution is 2.57. The quantitative estimate of drug-likeness (QED) is 0.119. The maximum atomic E-state index is 13.3. The first kappa shape index (κ1) is 31.4. The number of pyridine rings is 1. The molecule has 44 heavy (non-hydrogen) atoms. The minimum atomic E-state index is -3.42. The molecule has 1 amide bonds. The normalized spacial score (nSPS) is 18.0. The number of aryl methyl sites for hydroxylation is 3. The Hall–Kier alpha value is -4.00. The number of hydrogen-bond acceptors (Lipinski definition) is 8. The van der Waals surface area contributed by atoms with E-state index >= 15 is 0 Å². The monoisotopic (exact) mass is 618 g/mol. The first-order valence-corrected chi connectivity index (χ1v) is 16.1. The van der Waals surface area contributed by atoms with E-state index in [0.717, 1.165) is 38.9 Å². The van der Waals surface area contributed by atoms with Gasteiger partial charge in [-0.15, -0.1) is 15.9 Å². The molecular weight excluding hydrogens is 580 g/mol. The average molecular weight is 619 g/mol. The summed E-state index contributed by atoms with van der Waals surface area (Å²) in [6.07, 6.45) is 1.94. The van der Waals surface area contributed by atoms with E-state index in [4.69, 9.17) is 10.3 Å². The number of carbonyl (C=O) groups excluding carboxylic acids is 1. The van der Waals surface area contributed by atoms with E-state index in [0.29, 0.717) is 13.0 Å². The summed E-state index contributed by atoms with van der Waals surface area (Å²) in [7, 11) is -3.42. The van der Waals surface area contributed by atoms with Gasteiger partial charge < -0.3 is 4.74 Å². The van der Waals surface area contributed by atoms with E-state index in [1.807, 2.05) is 62.7 Å². The Bertz CT molecular complexity index is 1760. The molecule has 2 aromatic carbocycles. The van der Waals surface area contributed by atoms with Crippen LogP contribution in [0.25, 0.3) is 21.5 Å². The van der Waals surface area contributed by atoms with Gasteiger partial charge in [0.2, 0.25) is 11.8 Å². The fraction of sp³-hybridized carbons (Fsp3) is 0.419. The Morgan fingerprint density at radius 1 is 1.23 bits per heavy atom. The topological polar surface area (TPSA) is 162 Å². The standard InChI is InChI=1S/C31H38N8O4S/c1-7-23-18-38(44(41,42)26-10-9-15-33-29(26)43-23)17-22-16-21(12-11-19(22)3)27(31(5,6)30(40)35-36-32)24-13-14-25-28(20(24)4)34-37-39(25)8-2/h9-16,23,27,41-42H,7-8,17-18H2,1-6H3/t23-,27+/m1/s1. The molecule has 0 spiro atoms. The molecule has 1 aliphatic rings. The Labute approximate surface area is 258 Å². The Morgan fingerprint density at radius 2 is 2.00 bits per heavy atom. The lowest BCUT2D eigenvalue weighted by molar-refractivity contribution is -0.126. The third kappa shape index (κ3) is 5.53. The van der Waals surface area contributed by atoms with Gasteiger partial charge in [-0.05, 0) is 83.9 Å². The van der Waals surface area contributed by atoms with E-state index in [1.54, 1.807) is 36.5 Å². The molecule has 4 aromatic rings. The Morgan fingerprint density at radius 3 is 2.70 bits per heavy atom. The molecule has 13 heteroatoms. The third-order valence-corrected chi connectivity index (χ3v) is 10.5. The number of fused-ring (bicyclic) bond motifs is 2. The van der Waals surface area contributed by atoms with Gasteiger partial charge in [-0.1, -0.05) is 50.3 Å². The van der Waals surface area contributed by atoms with Gasteiger partial charge in [0.05, 0.1) is 12.1 Å². The zero-order chi connectivity index (χ0) is 31.8. The summed E-state index contributed by atoms with van der Waals surface area (Å²) in [4.78, 5) is 20.6. The number of hydrogen-bond donors (Lipinski definition) is 2. The molecule has 0 saturated carbocycles. The molecule has 2 N–H and O–H groups in total. The van der Waals surface area contributed by atoms with Gasteiger partial charge in [-0.25, -0.2) is 9.67 Å². The summed E-state index contributed by atoms with van der Waals surface area (Å²) in [6.45, 7) is 12.6. The van der Waals surface area contributed by atoms with Crippen LogP contribution in [0.4, 0.5) is 0 Å². The van der Waals surface area contributed by atoms with E-state index < -0.39 is 28.0 Å². The van der Waals surface area contributed by atoms with Crippen molar-refractivity contribution in [2.75, 3.05) is 6.54 Å². The zero-order valence-corrected chi connectivity index (χ0v) is 26.6. The van der Waals surface area contributed by atoms with Gasteiger partial charge in [0.25, 0.3) is 0 Å². The highest BCUT2D eigenvalue weighted by Gasteiger charge is 2.40. The maximum Gasteiger partial charge on any atom is 0.239 e. The van der Waals surface area contributed by atoms with Gasteiger partial charge in [-0.3, -0.25) is 13.9 Å². The predicted octanol–water partition coefficient (Wildman–Crippen LogP) is 7.16. The molecule has 0 fully saturated rings. The number of carbonyl (C=O) groups is 1. The number of amides is 1. The van der Waals surface area contributed by atoms with Crippen LogP contribution in [-0.2, 0) is 17.9 Å². The molecule has 0 saturated heterocycles. The summed E-state index contributed by atoms with van der Waals surface area (Å²) in [5, 5.41) is 12.2. The Balaban J connectivity index is 1.63. The van der Waals surface area contributed by atoms with E-state index in [1.165, 1.54) is 0 Å². The SMILES string of the molecule is CC[C@@H]1CN(Cc2cc([C@@H](c3ccc4c(nnn4CC)c3C)C(C)(C)C(=O)N=[N+]=[N-])ccc2C)S(O)(O)c2cccnc2O1. The van der Waals surface area contributed by atoms with Gasteiger partial charge >= 0.3 is 0 Å².